The zero-order chi connectivity index (χ0) is 16.9. The molecule has 3 aromatic rings. The molecule has 0 fully saturated rings. The number of thiazole rings is 1. The minimum atomic E-state index is -0.408. The molecule has 0 saturated carbocycles. The van der Waals surface area contributed by atoms with Crippen molar-refractivity contribution >= 4 is 44.8 Å². The van der Waals surface area contributed by atoms with Crippen LogP contribution >= 0.6 is 28.3 Å². The monoisotopic (exact) mass is 421 g/mol. The average molecular weight is 422 g/mol. The molecule has 1 heterocycles. The number of nitro benzene ring substituents is 1. The number of halogens is 1. The van der Waals surface area contributed by atoms with Gasteiger partial charge in [0.15, 0.2) is 5.13 Å². The molecule has 0 atom stereocenters. The van der Waals surface area contributed by atoms with Gasteiger partial charge in [-0.1, -0.05) is 12.1 Å². The van der Waals surface area contributed by atoms with Crippen molar-refractivity contribution in [2.24, 2.45) is 0 Å². The minimum Gasteiger partial charge on any atom is -0.494 e. The molecular formula is C17H16BrN3O3S. The zero-order valence-corrected chi connectivity index (χ0v) is 15.9. The van der Waals surface area contributed by atoms with Crippen molar-refractivity contribution in [3.05, 3.63) is 64.0 Å². The van der Waals surface area contributed by atoms with Gasteiger partial charge in [-0.2, -0.15) is 0 Å². The summed E-state index contributed by atoms with van der Waals surface area (Å²) in [6.07, 6.45) is 0. The summed E-state index contributed by atoms with van der Waals surface area (Å²) in [5.74, 6) is 0.819. The molecule has 130 valence electrons. The number of rotatable bonds is 6. The number of aromatic nitrogens is 1. The molecular weight excluding hydrogens is 406 g/mol. The molecule has 2 aromatic carbocycles. The fourth-order valence-corrected chi connectivity index (χ4v) is 2.91. The Hall–Kier alpha value is -2.45. The van der Waals surface area contributed by atoms with Crippen molar-refractivity contribution in [2.45, 2.75) is 6.92 Å². The molecule has 0 saturated heterocycles. The van der Waals surface area contributed by atoms with Gasteiger partial charge in [0.05, 0.1) is 17.2 Å². The van der Waals surface area contributed by atoms with E-state index in [1.807, 2.05) is 42.6 Å². The molecule has 1 N–H and O–H groups in total. The highest BCUT2D eigenvalue weighted by Crippen LogP contribution is 2.29. The van der Waals surface area contributed by atoms with Crippen molar-refractivity contribution in [3.8, 4) is 17.0 Å². The van der Waals surface area contributed by atoms with Crippen molar-refractivity contribution < 1.29 is 9.66 Å². The fraction of sp³-hybridized carbons (Fsp3) is 0.118. The van der Waals surface area contributed by atoms with Crippen LogP contribution in [0, 0.1) is 10.1 Å². The van der Waals surface area contributed by atoms with Crippen LogP contribution in [0.4, 0.5) is 16.5 Å². The maximum absolute atomic E-state index is 10.9. The molecule has 25 heavy (non-hydrogen) atoms. The van der Waals surface area contributed by atoms with Crippen LogP contribution in [0.25, 0.3) is 11.3 Å². The number of nitro groups is 1. The standard InChI is InChI=1S/C17H15N3O3S.BrH/c1-2-23-15-8-6-13(7-9-15)18-17-19-16(11-24-17)12-4-3-5-14(10-12)20(21)22;/h3-11H,2H2,1H3,(H,18,19);1H. The summed E-state index contributed by atoms with van der Waals surface area (Å²) in [4.78, 5) is 15.0. The Balaban J connectivity index is 0.00000225. The molecule has 0 bridgehead atoms. The maximum atomic E-state index is 10.9. The minimum absolute atomic E-state index is 0. The van der Waals surface area contributed by atoms with Gasteiger partial charge >= 0.3 is 0 Å². The van der Waals surface area contributed by atoms with E-state index in [1.54, 1.807) is 6.07 Å². The first-order valence-electron chi connectivity index (χ1n) is 7.36. The summed E-state index contributed by atoms with van der Waals surface area (Å²) in [6, 6.07) is 14.1. The highest BCUT2D eigenvalue weighted by Gasteiger charge is 2.10. The van der Waals surface area contributed by atoms with Gasteiger partial charge in [-0.3, -0.25) is 10.1 Å². The van der Waals surface area contributed by atoms with E-state index >= 15 is 0 Å². The number of ether oxygens (including phenoxy) is 1. The van der Waals surface area contributed by atoms with E-state index in [1.165, 1.54) is 23.5 Å². The van der Waals surface area contributed by atoms with E-state index in [9.17, 15) is 10.1 Å². The van der Waals surface area contributed by atoms with Gasteiger partial charge in [0.1, 0.15) is 5.75 Å². The van der Waals surface area contributed by atoms with Gasteiger partial charge in [0, 0.05) is 28.8 Å². The Morgan fingerprint density at radius 2 is 2.00 bits per heavy atom. The zero-order valence-electron chi connectivity index (χ0n) is 13.3. The quantitative estimate of drug-likeness (QED) is 0.423. The van der Waals surface area contributed by atoms with Crippen molar-refractivity contribution in [3.63, 3.8) is 0 Å². The van der Waals surface area contributed by atoms with E-state index < -0.39 is 4.92 Å². The lowest BCUT2D eigenvalue weighted by atomic mass is 10.1. The van der Waals surface area contributed by atoms with Crippen LogP contribution < -0.4 is 10.1 Å². The summed E-state index contributed by atoms with van der Waals surface area (Å²) in [5, 5.41) is 16.7. The number of nitrogens with one attached hydrogen (secondary N) is 1. The Labute approximate surface area is 159 Å². The highest BCUT2D eigenvalue weighted by molar-refractivity contribution is 8.93. The Morgan fingerprint density at radius 1 is 1.24 bits per heavy atom. The van der Waals surface area contributed by atoms with Crippen LogP contribution in [0.2, 0.25) is 0 Å². The van der Waals surface area contributed by atoms with E-state index in [0.717, 1.165) is 22.1 Å². The fourth-order valence-electron chi connectivity index (χ4n) is 2.17. The van der Waals surface area contributed by atoms with Gasteiger partial charge in [-0.15, -0.1) is 28.3 Å². The predicted molar refractivity (Wildman–Crippen MR) is 105 cm³/mol. The van der Waals surface area contributed by atoms with Crippen LogP contribution in [0.15, 0.2) is 53.9 Å². The average Bonchev–Trinajstić information content (AvgIpc) is 3.05. The first-order valence-corrected chi connectivity index (χ1v) is 8.24. The van der Waals surface area contributed by atoms with Crippen molar-refractivity contribution in [1.82, 2.24) is 4.98 Å². The number of hydrogen-bond donors (Lipinski definition) is 1. The lowest BCUT2D eigenvalue weighted by Gasteiger charge is -2.05. The van der Waals surface area contributed by atoms with E-state index in [-0.39, 0.29) is 22.7 Å². The third-order valence-corrected chi connectivity index (χ3v) is 4.03. The second kappa shape index (κ2) is 8.59. The summed E-state index contributed by atoms with van der Waals surface area (Å²) in [5.41, 5.74) is 2.39. The third kappa shape index (κ3) is 4.77. The smallest absolute Gasteiger partial charge is 0.270 e. The summed E-state index contributed by atoms with van der Waals surface area (Å²) in [6.45, 7) is 2.57. The summed E-state index contributed by atoms with van der Waals surface area (Å²) >= 11 is 1.44. The highest BCUT2D eigenvalue weighted by atomic mass is 79.9. The predicted octanol–water partition coefficient (Wildman–Crippen LogP) is 5.44. The first-order chi connectivity index (χ1) is 11.7. The van der Waals surface area contributed by atoms with Crippen LogP contribution in [0.5, 0.6) is 5.75 Å². The molecule has 1 aromatic heterocycles. The second-order valence-electron chi connectivity index (χ2n) is 4.93. The molecule has 6 nitrogen and oxygen atoms in total. The largest absolute Gasteiger partial charge is 0.494 e. The van der Waals surface area contributed by atoms with Gasteiger partial charge in [-0.25, -0.2) is 4.98 Å². The van der Waals surface area contributed by atoms with Gasteiger partial charge in [-0.05, 0) is 31.2 Å². The van der Waals surface area contributed by atoms with Gasteiger partial charge in [0.25, 0.3) is 5.69 Å². The summed E-state index contributed by atoms with van der Waals surface area (Å²) in [7, 11) is 0. The number of non-ortho nitro benzene ring substituents is 1. The van der Waals surface area contributed by atoms with Crippen molar-refractivity contribution in [1.29, 1.82) is 0 Å². The first kappa shape index (κ1) is 18.9. The Kier molecular flexibility index (Phi) is 6.49. The van der Waals surface area contributed by atoms with Crippen molar-refractivity contribution in [2.75, 3.05) is 11.9 Å². The molecule has 0 unspecified atom stereocenters. The third-order valence-electron chi connectivity index (χ3n) is 3.27. The van der Waals surface area contributed by atoms with Crippen LogP contribution in [-0.4, -0.2) is 16.5 Å². The lowest BCUT2D eigenvalue weighted by molar-refractivity contribution is -0.384. The van der Waals surface area contributed by atoms with Gasteiger partial charge in [0.2, 0.25) is 0 Å². The Bertz CT molecular complexity index is 852. The molecule has 0 radical (unpaired) electrons. The number of benzene rings is 2. The molecule has 0 aliphatic heterocycles. The normalized spacial score (nSPS) is 9.96. The van der Waals surface area contributed by atoms with Crippen LogP contribution in [0.1, 0.15) is 6.92 Å². The Morgan fingerprint density at radius 3 is 2.68 bits per heavy atom. The van der Waals surface area contributed by atoms with Gasteiger partial charge < -0.3 is 10.1 Å². The maximum Gasteiger partial charge on any atom is 0.270 e. The van der Waals surface area contributed by atoms with E-state index in [2.05, 4.69) is 10.3 Å². The lowest BCUT2D eigenvalue weighted by Crippen LogP contribution is -1.93. The molecule has 8 heteroatoms. The molecule has 0 aliphatic rings. The second-order valence-corrected chi connectivity index (χ2v) is 5.79. The number of nitrogens with zero attached hydrogens (tertiary/aromatic N) is 2. The molecule has 0 aliphatic carbocycles. The molecule has 0 spiro atoms. The van der Waals surface area contributed by atoms with E-state index in [0.29, 0.717) is 12.3 Å². The topological polar surface area (TPSA) is 77.3 Å². The summed E-state index contributed by atoms with van der Waals surface area (Å²) < 4.78 is 5.41. The number of anilines is 2. The van der Waals surface area contributed by atoms with Crippen LogP contribution in [-0.2, 0) is 0 Å². The SMILES string of the molecule is Br.CCOc1ccc(Nc2nc(-c3cccc([N+](=O)[O-])c3)cs2)cc1. The molecule has 0 amide bonds. The van der Waals surface area contributed by atoms with Crippen LogP contribution in [0.3, 0.4) is 0 Å². The number of hydrogen-bond acceptors (Lipinski definition) is 6. The molecule has 3 rings (SSSR count). The van der Waals surface area contributed by atoms with E-state index in [4.69, 9.17) is 4.74 Å².